The van der Waals surface area contributed by atoms with Crippen molar-refractivity contribution in [3.63, 3.8) is 0 Å². The van der Waals surface area contributed by atoms with Gasteiger partial charge in [0.1, 0.15) is 5.75 Å². The largest absolute Gasteiger partial charge is 0.496 e. The molecule has 0 aromatic heterocycles. The molecular weight excluding hydrogens is 278 g/mol. The fourth-order valence-corrected chi connectivity index (χ4v) is 2.64. The van der Waals surface area contributed by atoms with Gasteiger partial charge in [-0.2, -0.15) is 0 Å². The number of likely N-dealkylation sites (tertiary alicyclic amines) is 1. The second kappa shape index (κ2) is 6.95. The van der Waals surface area contributed by atoms with E-state index in [2.05, 4.69) is 0 Å². The monoisotopic (exact) mass is 297 g/mol. The Kier molecular flexibility index (Phi) is 5.26. The number of hydrogen-bond acceptors (Lipinski definition) is 3. The lowest BCUT2D eigenvalue weighted by Gasteiger charge is -2.32. The minimum Gasteiger partial charge on any atom is -0.496 e. The van der Waals surface area contributed by atoms with Gasteiger partial charge in [0.25, 0.3) is 5.91 Å². The summed E-state index contributed by atoms with van der Waals surface area (Å²) < 4.78 is 10.8. The number of rotatable bonds is 4. The normalized spacial score (nSPS) is 16.2. The van der Waals surface area contributed by atoms with E-state index in [1.807, 2.05) is 11.8 Å². The van der Waals surface area contributed by atoms with E-state index in [-0.39, 0.29) is 12.0 Å². The molecule has 1 aliphatic heterocycles. The molecule has 1 heterocycles. The van der Waals surface area contributed by atoms with Crippen molar-refractivity contribution in [2.75, 3.05) is 26.8 Å². The SMILES string of the molecule is CCOC1CCN(C(=O)c2ccc(Cl)cc2OC)CC1. The molecular formula is C15H20ClNO3. The Morgan fingerprint density at radius 1 is 1.40 bits per heavy atom. The summed E-state index contributed by atoms with van der Waals surface area (Å²) in [5, 5.41) is 0.563. The highest BCUT2D eigenvalue weighted by Crippen LogP contribution is 2.25. The molecule has 0 aliphatic carbocycles. The zero-order valence-corrected chi connectivity index (χ0v) is 12.7. The Morgan fingerprint density at radius 2 is 2.10 bits per heavy atom. The lowest BCUT2D eigenvalue weighted by atomic mass is 10.1. The quantitative estimate of drug-likeness (QED) is 0.857. The Labute approximate surface area is 124 Å². The average molecular weight is 298 g/mol. The summed E-state index contributed by atoms with van der Waals surface area (Å²) in [6, 6.07) is 5.10. The highest BCUT2D eigenvalue weighted by molar-refractivity contribution is 6.30. The zero-order chi connectivity index (χ0) is 14.5. The molecule has 0 spiro atoms. The van der Waals surface area contributed by atoms with Crippen molar-refractivity contribution in [2.45, 2.75) is 25.9 Å². The minimum absolute atomic E-state index is 0.00605. The van der Waals surface area contributed by atoms with Crippen molar-refractivity contribution >= 4 is 17.5 Å². The maximum Gasteiger partial charge on any atom is 0.257 e. The number of nitrogens with zero attached hydrogens (tertiary/aromatic N) is 1. The number of carbonyl (C=O) groups is 1. The zero-order valence-electron chi connectivity index (χ0n) is 11.9. The number of benzene rings is 1. The van der Waals surface area contributed by atoms with Crippen LogP contribution in [0.5, 0.6) is 5.75 Å². The first-order chi connectivity index (χ1) is 9.65. The van der Waals surface area contributed by atoms with Gasteiger partial charge in [0, 0.05) is 24.7 Å². The lowest BCUT2D eigenvalue weighted by molar-refractivity contribution is 0.0145. The van der Waals surface area contributed by atoms with E-state index in [4.69, 9.17) is 21.1 Å². The van der Waals surface area contributed by atoms with Gasteiger partial charge < -0.3 is 14.4 Å². The second-order valence-electron chi connectivity index (χ2n) is 4.79. The van der Waals surface area contributed by atoms with Gasteiger partial charge in [-0.25, -0.2) is 0 Å². The molecule has 0 saturated carbocycles. The van der Waals surface area contributed by atoms with Crippen LogP contribution in [0.25, 0.3) is 0 Å². The van der Waals surface area contributed by atoms with E-state index in [0.29, 0.717) is 16.3 Å². The van der Waals surface area contributed by atoms with Crippen molar-refractivity contribution in [3.8, 4) is 5.75 Å². The number of amides is 1. The molecule has 1 saturated heterocycles. The molecule has 1 fully saturated rings. The Hall–Kier alpha value is -1.26. The number of ether oxygens (including phenoxy) is 2. The van der Waals surface area contributed by atoms with Gasteiger partial charge in [0.05, 0.1) is 18.8 Å². The summed E-state index contributed by atoms with van der Waals surface area (Å²) >= 11 is 5.92. The summed E-state index contributed by atoms with van der Waals surface area (Å²) in [4.78, 5) is 14.4. The fourth-order valence-electron chi connectivity index (χ4n) is 2.47. The van der Waals surface area contributed by atoms with E-state index < -0.39 is 0 Å². The number of hydrogen-bond donors (Lipinski definition) is 0. The fraction of sp³-hybridized carbons (Fsp3) is 0.533. The molecule has 0 atom stereocenters. The van der Waals surface area contributed by atoms with Gasteiger partial charge in [-0.3, -0.25) is 4.79 Å². The number of halogens is 1. The number of piperidine rings is 1. The molecule has 5 heteroatoms. The third kappa shape index (κ3) is 3.44. The molecule has 20 heavy (non-hydrogen) atoms. The number of carbonyl (C=O) groups excluding carboxylic acids is 1. The Balaban J connectivity index is 2.05. The minimum atomic E-state index is -0.00605. The highest BCUT2D eigenvalue weighted by Gasteiger charge is 2.25. The molecule has 0 N–H and O–H groups in total. The third-order valence-corrected chi connectivity index (χ3v) is 3.76. The summed E-state index contributed by atoms with van der Waals surface area (Å²) in [6.45, 7) is 4.16. The van der Waals surface area contributed by atoms with Crippen molar-refractivity contribution < 1.29 is 14.3 Å². The van der Waals surface area contributed by atoms with Crippen molar-refractivity contribution in [3.05, 3.63) is 28.8 Å². The predicted molar refractivity (Wildman–Crippen MR) is 78.6 cm³/mol. The maximum atomic E-state index is 12.5. The van der Waals surface area contributed by atoms with Crippen molar-refractivity contribution in [2.24, 2.45) is 0 Å². The molecule has 1 aromatic carbocycles. The summed E-state index contributed by atoms with van der Waals surface area (Å²) in [7, 11) is 1.55. The standard InChI is InChI=1S/C15H20ClNO3/c1-3-20-12-6-8-17(9-7-12)15(18)13-5-4-11(16)10-14(13)19-2/h4-5,10,12H,3,6-9H2,1-2H3. The van der Waals surface area contributed by atoms with Crippen LogP contribution in [0.1, 0.15) is 30.1 Å². The third-order valence-electron chi connectivity index (χ3n) is 3.53. The molecule has 110 valence electrons. The van der Waals surface area contributed by atoms with Crippen LogP contribution < -0.4 is 4.74 Å². The average Bonchev–Trinajstić information content (AvgIpc) is 2.47. The van der Waals surface area contributed by atoms with Gasteiger partial charge in [-0.05, 0) is 38.0 Å². The first kappa shape index (κ1) is 15.1. The van der Waals surface area contributed by atoms with E-state index in [9.17, 15) is 4.79 Å². The van der Waals surface area contributed by atoms with Gasteiger partial charge >= 0.3 is 0 Å². The summed E-state index contributed by atoms with van der Waals surface area (Å²) in [5.74, 6) is 0.517. The van der Waals surface area contributed by atoms with E-state index >= 15 is 0 Å². The van der Waals surface area contributed by atoms with E-state index in [1.165, 1.54) is 0 Å². The van der Waals surface area contributed by atoms with Gasteiger partial charge in [0.2, 0.25) is 0 Å². The Morgan fingerprint density at radius 3 is 2.70 bits per heavy atom. The molecule has 0 radical (unpaired) electrons. The first-order valence-electron chi connectivity index (χ1n) is 6.90. The van der Waals surface area contributed by atoms with Crippen LogP contribution in [0.3, 0.4) is 0 Å². The van der Waals surface area contributed by atoms with Crippen LogP contribution in [0.2, 0.25) is 5.02 Å². The molecule has 0 unspecified atom stereocenters. The maximum absolute atomic E-state index is 12.5. The van der Waals surface area contributed by atoms with Crippen LogP contribution in [0, 0.1) is 0 Å². The molecule has 1 aliphatic rings. The molecule has 1 amide bonds. The topological polar surface area (TPSA) is 38.8 Å². The van der Waals surface area contributed by atoms with Crippen LogP contribution in [0.15, 0.2) is 18.2 Å². The van der Waals surface area contributed by atoms with Gasteiger partial charge in [-0.15, -0.1) is 0 Å². The van der Waals surface area contributed by atoms with Crippen molar-refractivity contribution in [1.82, 2.24) is 4.90 Å². The Bertz CT molecular complexity index is 470. The molecule has 4 nitrogen and oxygen atoms in total. The first-order valence-corrected chi connectivity index (χ1v) is 7.28. The van der Waals surface area contributed by atoms with Crippen LogP contribution in [0.4, 0.5) is 0 Å². The molecule has 1 aromatic rings. The highest BCUT2D eigenvalue weighted by atomic mass is 35.5. The summed E-state index contributed by atoms with van der Waals surface area (Å²) in [6.07, 6.45) is 2.04. The summed E-state index contributed by atoms with van der Waals surface area (Å²) in [5.41, 5.74) is 0.562. The number of methoxy groups -OCH3 is 1. The van der Waals surface area contributed by atoms with Crippen LogP contribution in [-0.4, -0.2) is 43.7 Å². The lowest BCUT2D eigenvalue weighted by Crippen LogP contribution is -2.41. The van der Waals surface area contributed by atoms with Crippen LogP contribution in [-0.2, 0) is 4.74 Å². The van der Waals surface area contributed by atoms with Crippen LogP contribution >= 0.6 is 11.6 Å². The molecule has 2 rings (SSSR count). The van der Waals surface area contributed by atoms with Gasteiger partial charge in [0.15, 0.2) is 0 Å². The van der Waals surface area contributed by atoms with E-state index in [0.717, 1.165) is 32.5 Å². The van der Waals surface area contributed by atoms with Gasteiger partial charge in [-0.1, -0.05) is 11.6 Å². The smallest absolute Gasteiger partial charge is 0.257 e. The predicted octanol–water partition coefficient (Wildman–Crippen LogP) is 2.99. The molecule has 0 bridgehead atoms. The second-order valence-corrected chi connectivity index (χ2v) is 5.23. The van der Waals surface area contributed by atoms with E-state index in [1.54, 1.807) is 25.3 Å². The van der Waals surface area contributed by atoms with Crippen molar-refractivity contribution in [1.29, 1.82) is 0 Å².